The van der Waals surface area contributed by atoms with E-state index in [0.29, 0.717) is 31.0 Å². The topological polar surface area (TPSA) is 98.3 Å². The first-order chi connectivity index (χ1) is 12.2. The Kier molecular flexibility index (Phi) is 6.13. The molecule has 1 unspecified atom stereocenters. The molecule has 2 aromatic rings. The maximum Gasteiger partial charge on any atom is 0.273 e. The predicted molar refractivity (Wildman–Crippen MR) is 89.0 cm³/mol. The highest BCUT2D eigenvalue weighted by Gasteiger charge is 2.20. The van der Waals surface area contributed by atoms with Crippen molar-refractivity contribution in [2.45, 2.75) is 32.4 Å². The molecule has 0 spiro atoms. The van der Waals surface area contributed by atoms with E-state index in [0.717, 1.165) is 32.6 Å². The highest BCUT2D eigenvalue weighted by molar-refractivity contribution is 5.92. The van der Waals surface area contributed by atoms with Crippen LogP contribution in [0.1, 0.15) is 29.6 Å². The van der Waals surface area contributed by atoms with Gasteiger partial charge in [-0.25, -0.2) is 4.98 Å². The second kappa shape index (κ2) is 8.72. The van der Waals surface area contributed by atoms with Crippen molar-refractivity contribution in [3.05, 3.63) is 30.2 Å². The smallest absolute Gasteiger partial charge is 0.273 e. The predicted octanol–water partition coefficient (Wildman–Crippen LogP) is 0.349. The number of ether oxygens (including phenoxy) is 1. The molecule has 0 aliphatic carbocycles. The van der Waals surface area contributed by atoms with Crippen LogP contribution in [-0.4, -0.2) is 69.6 Å². The van der Waals surface area contributed by atoms with E-state index in [1.807, 2.05) is 11.6 Å². The number of hydrogen-bond acceptors (Lipinski definition) is 7. The molecule has 0 saturated carbocycles. The van der Waals surface area contributed by atoms with Crippen LogP contribution in [0.4, 0.5) is 0 Å². The summed E-state index contributed by atoms with van der Waals surface area (Å²) in [6.45, 7) is 6.52. The van der Waals surface area contributed by atoms with E-state index in [2.05, 4.69) is 25.5 Å². The third-order valence-corrected chi connectivity index (χ3v) is 4.18. The van der Waals surface area contributed by atoms with E-state index < -0.39 is 0 Å². The Morgan fingerprint density at radius 3 is 3.12 bits per heavy atom. The summed E-state index contributed by atoms with van der Waals surface area (Å²) in [4.78, 5) is 18.4. The molecule has 136 valence electrons. The fourth-order valence-corrected chi connectivity index (χ4v) is 2.77. The molecular formula is C16H24N6O3. The number of aryl methyl sites for hydroxylation is 1. The van der Waals surface area contributed by atoms with Gasteiger partial charge in [0.25, 0.3) is 5.91 Å². The number of carbonyl (C=O) groups excluding carboxylic acids is 1. The number of nitrogens with one attached hydrogen (secondary N) is 1. The van der Waals surface area contributed by atoms with Gasteiger partial charge < -0.3 is 14.6 Å². The minimum atomic E-state index is -0.231. The number of aromatic nitrogens is 4. The molecule has 2 aromatic heterocycles. The van der Waals surface area contributed by atoms with Gasteiger partial charge in [0.1, 0.15) is 18.4 Å². The fraction of sp³-hybridized carbons (Fsp3) is 0.625. The number of amides is 1. The summed E-state index contributed by atoms with van der Waals surface area (Å²) in [7, 11) is 0. The molecule has 1 N–H and O–H groups in total. The van der Waals surface area contributed by atoms with Crippen molar-refractivity contribution < 1.29 is 14.1 Å². The van der Waals surface area contributed by atoms with Crippen LogP contribution in [0.25, 0.3) is 0 Å². The van der Waals surface area contributed by atoms with Crippen LogP contribution in [0, 0.1) is 0 Å². The Labute approximate surface area is 146 Å². The van der Waals surface area contributed by atoms with Gasteiger partial charge in [0.15, 0.2) is 5.69 Å². The highest BCUT2D eigenvalue weighted by Crippen LogP contribution is 2.07. The van der Waals surface area contributed by atoms with Crippen molar-refractivity contribution in [1.82, 2.24) is 30.1 Å². The molecule has 1 atom stereocenters. The average molecular weight is 348 g/mol. The lowest BCUT2D eigenvalue weighted by Crippen LogP contribution is -2.41. The summed E-state index contributed by atoms with van der Waals surface area (Å²) in [5.74, 6) is 0.473. The van der Waals surface area contributed by atoms with Crippen molar-refractivity contribution in [2.75, 3.05) is 32.8 Å². The number of hydrogen-bond donors (Lipinski definition) is 1. The number of carbonyl (C=O) groups is 1. The average Bonchev–Trinajstić information content (AvgIpc) is 3.27. The largest absolute Gasteiger partial charge is 0.375 e. The standard InChI is InChI=1S/C16H24N6O3/c1-2-13-8-15(20-25-13)16(23)18-9-14-10-21(4-3-7-24-14)5-6-22-12-17-11-19-22/h8,11-12,14H,2-7,9-10H2,1H3,(H,18,23). The van der Waals surface area contributed by atoms with Crippen molar-refractivity contribution in [2.24, 2.45) is 0 Å². The van der Waals surface area contributed by atoms with Crippen LogP contribution in [0.15, 0.2) is 23.2 Å². The maximum absolute atomic E-state index is 12.1. The van der Waals surface area contributed by atoms with Crippen molar-refractivity contribution in [1.29, 1.82) is 0 Å². The Morgan fingerprint density at radius 1 is 1.44 bits per heavy atom. The lowest BCUT2D eigenvalue weighted by Gasteiger charge is -2.23. The zero-order chi connectivity index (χ0) is 17.5. The molecule has 9 nitrogen and oxygen atoms in total. The Balaban J connectivity index is 1.46. The van der Waals surface area contributed by atoms with Crippen molar-refractivity contribution in [3.8, 4) is 0 Å². The van der Waals surface area contributed by atoms with Gasteiger partial charge in [-0.1, -0.05) is 12.1 Å². The van der Waals surface area contributed by atoms with E-state index in [9.17, 15) is 4.79 Å². The molecule has 1 fully saturated rings. The van der Waals surface area contributed by atoms with Gasteiger partial charge in [0, 0.05) is 45.3 Å². The first-order valence-corrected chi connectivity index (χ1v) is 8.64. The molecular weight excluding hydrogens is 324 g/mol. The second-order valence-electron chi connectivity index (χ2n) is 6.05. The molecule has 0 radical (unpaired) electrons. The Bertz CT molecular complexity index is 657. The summed E-state index contributed by atoms with van der Waals surface area (Å²) in [5.41, 5.74) is 0.313. The molecule has 0 bridgehead atoms. The normalized spacial score (nSPS) is 18.8. The van der Waals surface area contributed by atoms with Crippen molar-refractivity contribution >= 4 is 5.91 Å². The van der Waals surface area contributed by atoms with E-state index in [1.54, 1.807) is 12.4 Å². The van der Waals surface area contributed by atoms with Gasteiger partial charge in [0.2, 0.25) is 0 Å². The third-order valence-electron chi connectivity index (χ3n) is 4.18. The summed E-state index contributed by atoms with van der Waals surface area (Å²) in [6, 6.07) is 1.67. The molecule has 1 saturated heterocycles. The molecule has 1 amide bonds. The molecule has 25 heavy (non-hydrogen) atoms. The van der Waals surface area contributed by atoms with Crippen molar-refractivity contribution in [3.63, 3.8) is 0 Å². The van der Waals surface area contributed by atoms with E-state index in [4.69, 9.17) is 9.26 Å². The monoisotopic (exact) mass is 348 g/mol. The summed E-state index contributed by atoms with van der Waals surface area (Å²) in [5, 5.41) is 10.8. The van der Waals surface area contributed by atoms with Crippen LogP contribution >= 0.6 is 0 Å². The SMILES string of the molecule is CCc1cc(C(=O)NCC2CN(CCn3cncn3)CCCO2)no1. The van der Waals surface area contributed by atoms with Crippen LogP contribution in [0.5, 0.6) is 0 Å². The quantitative estimate of drug-likeness (QED) is 0.771. The minimum absolute atomic E-state index is 0.0419. The zero-order valence-corrected chi connectivity index (χ0v) is 14.4. The Morgan fingerprint density at radius 2 is 2.36 bits per heavy atom. The van der Waals surface area contributed by atoms with Crippen LogP contribution in [0.3, 0.4) is 0 Å². The van der Waals surface area contributed by atoms with Crippen LogP contribution in [0.2, 0.25) is 0 Å². The molecule has 3 heterocycles. The molecule has 3 rings (SSSR count). The summed E-state index contributed by atoms with van der Waals surface area (Å²) in [6.07, 6.45) is 4.91. The number of nitrogens with zero attached hydrogens (tertiary/aromatic N) is 5. The van der Waals surface area contributed by atoms with Crippen LogP contribution in [-0.2, 0) is 17.7 Å². The van der Waals surface area contributed by atoms with Crippen LogP contribution < -0.4 is 5.32 Å². The van der Waals surface area contributed by atoms with Gasteiger partial charge in [0.05, 0.1) is 12.6 Å². The van der Waals surface area contributed by atoms with Gasteiger partial charge in [-0.05, 0) is 6.42 Å². The van der Waals surface area contributed by atoms with E-state index >= 15 is 0 Å². The zero-order valence-electron chi connectivity index (χ0n) is 14.4. The van der Waals surface area contributed by atoms with Gasteiger partial charge >= 0.3 is 0 Å². The van der Waals surface area contributed by atoms with Gasteiger partial charge in [-0.3, -0.25) is 14.4 Å². The molecule has 0 aromatic carbocycles. The maximum atomic E-state index is 12.1. The fourth-order valence-electron chi connectivity index (χ4n) is 2.77. The van der Waals surface area contributed by atoms with Gasteiger partial charge in [-0.2, -0.15) is 5.10 Å². The Hall–Kier alpha value is -2.26. The first kappa shape index (κ1) is 17.6. The number of rotatable bonds is 7. The highest BCUT2D eigenvalue weighted by atomic mass is 16.5. The summed E-state index contributed by atoms with van der Waals surface area (Å²) < 4.78 is 12.7. The molecule has 9 heteroatoms. The third kappa shape index (κ3) is 5.10. The summed E-state index contributed by atoms with van der Waals surface area (Å²) >= 11 is 0. The molecule has 1 aliphatic rings. The second-order valence-corrected chi connectivity index (χ2v) is 6.05. The molecule has 1 aliphatic heterocycles. The lowest BCUT2D eigenvalue weighted by molar-refractivity contribution is 0.0513. The van der Waals surface area contributed by atoms with Gasteiger partial charge in [-0.15, -0.1) is 0 Å². The lowest BCUT2D eigenvalue weighted by atomic mass is 10.3. The first-order valence-electron chi connectivity index (χ1n) is 8.64. The van der Waals surface area contributed by atoms with E-state index in [-0.39, 0.29) is 12.0 Å². The minimum Gasteiger partial charge on any atom is -0.375 e. The van der Waals surface area contributed by atoms with E-state index in [1.165, 1.54) is 6.33 Å².